The zero-order valence-corrected chi connectivity index (χ0v) is 15.5. The molecule has 3 aromatic rings. The molecule has 1 aromatic heterocycles. The van der Waals surface area contributed by atoms with Gasteiger partial charge < -0.3 is 10.1 Å². The standard InChI is InChI=1S/C20H14F3N3O4/c1-2-30-20(29)18-16(24-19(28)14-8-5-12(22)9-15(14)23)10-17(27)26(25-18)13-6-3-11(21)4-7-13/h3-10H,2H2,1H3,(H,24,28). The van der Waals surface area contributed by atoms with Crippen LogP contribution in [0.2, 0.25) is 0 Å². The molecule has 0 unspecified atom stereocenters. The van der Waals surface area contributed by atoms with Gasteiger partial charge in [-0.2, -0.15) is 9.78 Å². The van der Waals surface area contributed by atoms with Crippen molar-refractivity contribution in [3.05, 3.63) is 87.6 Å². The first-order chi connectivity index (χ1) is 14.3. The largest absolute Gasteiger partial charge is 0.461 e. The summed E-state index contributed by atoms with van der Waals surface area (Å²) in [4.78, 5) is 37.2. The topological polar surface area (TPSA) is 90.3 Å². The maximum atomic E-state index is 13.9. The summed E-state index contributed by atoms with van der Waals surface area (Å²) in [5, 5.41) is 6.13. The summed E-state index contributed by atoms with van der Waals surface area (Å²) in [5.74, 6) is -4.53. The lowest BCUT2D eigenvalue weighted by molar-refractivity contribution is 0.0518. The summed E-state index contributed by atoms with van der Waals surface area (Å²) < 4.78 is 45.8. The number of anilines is 1. The van der Waals surface area contributed by atoms with Crippen LogP contribution in [0, 0.1) is 17.5 Å². The van der Waals surface area contributed by atoms with Gasteiger partial charge in [0.05, 0.1) is 23.5 Å². The average Bonchev–Trinajstić information content (AvgIpc) is 2.69. The molecule has 1 heterocycles. The Morgan fingerprint density at radius 1 is 1.03 bits per heavy atom. The van der Waals surface area contributed by atoms with E-state index in [-0.39, 0.29) is 18.0 Å². The molecule has 0 spiro atoms. The first-order valence-corrected chi connectivity index (χ1v) is 8.64. The van der Waals surface area contributed by atoms with E-state index < -0.39 is 46.1 Å². The zero-order valence-electron chi connectivity index (χ0n) is 15.5. The molecular formula is C20H14F3N3O4. The van der Waals surface area contributed by atoms with Gasteiger partial charge in [-0.1, -0.05) is 0 Å². The van der Waals surface area contributed by atoms with Crippen molar-refractivity contribution in [3.63, 3.8) is 0 Å². The van der Waals surface area contributed by atoms with Crippen molar-refractivity contribution in [3.8, 4) is 5.69 Å². The van der Waals surface area contributed by atoms with Gasteiger partial charge in [0.15, 0.2) is 5.69 Å². The van der Waals surface area contributed by atoms with Crippen molar-refractivity contribution in [2.75, 3.05) is 11.9 Å². The predicted molar refractivity (Wildman–Crippen MR) is 100 cm³/mol. The van der Waals surface area contributed by atoms with Crippen LogP contribution in [0.4, 0.5) is 18.9 Å². The molecule has 3 rings (SSSR count). The van der Waals surface area contributed by atoms with Crippen molar-refractivity contribution < 1.29 is 27.5 Å². The number of benzene rings is 2. The number of ether oxygens (including phenoxy) is 1. The molecule has 1 amide bonds. The predicted octanol–water partition coefficient (Wildman–Crippen LogP) is 3.08. The van der Waals surface area contributed by atoms with Crippen molar-refractivity contribution in [2.24, 2.45) is 0 Å². The van der Waals surface area contributed by atoms with E-state index in [0.717, 1.165) is 35.0 Å². The van der Waals surface area contributed by atoms with Crippen LogP contribution < -0.4 is 10.9 Å². The number of carbonyl (C=O) groups excluding carboxylic acids is 2. The summed E-state index contributed by atoms with van der Waals surface area (Å²) in [6.07, 6.45) is 0. The quantitative estimate of drug-likeness (QED) is 0.645. The maximum Gasteiger partial charge on any atom is 0.360 e. The van der Waals surface area contributed by atoms with Crippen molar-refractivity contribution in [1.82, 2.24) is 9.78 Å². The lowest BCUT2D eigenvalue weighted by Crippen LogP contribution is -2.27. The summed E-state index contributed by atoms with van der Waals surface area (Å²) in [5.41, 5.74) is -1.87. The van der Waals surface area contributed by atoms with E-state index in [0.29, 0.717) is 6.07 Å². The Bertz CT molecular complexity index is 1180. The second-order valence-electron chi connectivity index (χ2n) is 5.93. The number of amides is 1. The number of carbonyl (C=O) groups is 2. The van der Waals surface area contributed by atoms with Crippen LogP contribution in [0.5, 0.6) is 0 Å². The number of esters is 1. The van der Waals surface area contributed by atoms with Crippen LogP contribution in [0.3, 0.4) is 0 Å². The van der Waals surface area contributed by atoms with Gasteiger partial charge in [0.25, 0.3) is 11.5 Å². The van der Waals surface area contributed by atoms with Gasteiger partial charge in [0.2, 0.25) is 0 Å². The minimum Gasteiger partial charge on any atom is -0.461 e. The van der Waals surface area contributed by atoms with E-state index in [1.807, 2.05) is 0 Å². The van der Waals surface area contributed by atoms with Crippen molar-refractivity contribution in [2.45, 2.75) is 6.92 Å². The van der Waals surface area contributed by atoms with E-state index in [4.69, 9.17) is 4.74 Å². The van der Waals surface area contributed by atoms with Gasteiger partial charge in [-0.25, -0.2) is 18.0 Å². The first kappa shape index (κ1) is 20.8. The molecule has 0 aliphatic rings. The fourth-order valence-electron chi connectivity index (χ4n) is 2.53. The van der Waals surface area contributed by atoms with E-state index in [2.05, 4.69) is 10.4 Å². The first-order valence-electron chi connectivity index (χ1n) is 8.64. The number of nitrogens with one attached hydrogen (secondary N) is 1. The Morgan fingerprint density at radius 3 is 2.33 bits per heavy atom. The van der Waals surface area contributed by atoms with Gasteiger partial charge in [0, 0.05) is 12.1 Å². The highest BCUT2D eigenvalue weighted by atomic mass is 19.1. The van der Waals surface area contributed by atoms with Crippen LogP contribution >= 0.6 is 0 Å². The smallest absolute Gasteiger partial charge is 0.360 e. The molecule has 0 bridgehead atoms. The number of halogens is 3. The van der Waals surface area contributed by atoms with E-state index >= 15 is 0 Å². The van der Waals surface area contributed by atoms with Gasteiger partial charge in [-0.3, -0.25) is 9.59 Å². The second kappa shape index (κ2) is 8.60. The van der Waals surface area contributed by atoms with Gasteiger partial charge >= 0.3 is 5.97 Å². The van der Waals surface area contributed by atoms with Crippen molar-refractivity contribution >= 4 is 17.6 Å². The monoisotopic (exact) mass is 417 g/mol. The van der Waals surface area contributed by atoms with Crippen LogP contribution in [0.25, 0.3) is 5.69 Å². The maximum absolute atomic E-state index is 13.9. The minimum absolute atomic E-state index is 0.0177. The van der Waals surface area contributed by atoms with Crippen LogP contribution in [0.15, 0.2) is 53.3 Å². The lowest BCUT2D eigenvalue weighted by atomic mass is 10.2. The molecule has 1 N–H and O–H groups in total. The molecular weight excluding hydrogens is 403 g/mol. The number of hydrogen-bond acceptors (Lipinski definition) is 5. The molecule has 10 heteroatoms. The molecule has 30 heavy (non-hydrogen) atoms. The van der Waals surface area contributed by atoms with Gasteiger partial charge in [-0.05, 0) is 43.3 Å². The normalized spacial score (nSPS) is 10.5. The minimum atomic E-state index is -1.13. The zero-order chi connectivity index (χ0) is 21.8. The molecule has 0 aliphatic carbocycles. The Hall–Kier alpha value is -3.95. The molecule has 7 nitrogen and oxygen atoms in total. The van der Waals surface area contributed by atoms with E-state index in [1.165, 1.54) is 12.1 Å². The number of hydrogen-bond donors (Lipinski definition) is 1. The Labute approximate surface area is 167 Å². The lowest BCUT2D eigenvalue weighted by Gasteiger charge is -2.12. The Kier molecular flexibility index (Phi) is 5.95. The highest BCUT2D eigenvalue weighted by molar-refractivity contribution is 6.07. The SMILES string of the molecule is CCOC(=O)c1nn(-c2ccc(F)cc2)c(=O)cc1NC(=O)c1ccc(F)cc1F. The highest BCUT2D eigenvalue weighted by Gasteiger charge is 2.22. The highest BCUT2D eigenvalue weighted by Crippen LogP contribution is 2.17. The van der Waals surface area contributed by atoms with E-state index in [9.17, 15) is 27.6 Å². The molecule has 0 atom stereocenters. The van der Waals surface area contributed by atoms with Crippen LogP contribution in [-0.4, -0.2) is 28.3 Å². The molecule has 0 radical (unpaired) electrons. The summed E-state index contributed by atoms with van der Waals surface area (Å²) in [6, 6.07) is 7.94. The molecule has 2 aromatic carbocycles. The van der Waals surface area contributed by atoms with Crippen molar-refractivity contribution in [1.29, 1.82) is 0 Å². The van der Waals surface area contributed by atoms with Crippen LogP contribution in [-0.2, 0) is 4.74 Å². The molecule has 154 valence electrons. The van der Waals surface area contributed by atoms with Gasteiger partial charge in [0.1, 0.15) is 17.5 Å². The molecule has 0 fully saturated rings. The second-order valence-corrected chi connectivity index (χ2v) is 5.93. The number of rotatable bonds is 5. The molecule has 0 saturated carbocycles. The third kappa shape index (κ3) is 4.37. The summed E-state index contributed by atoms with van der Waals surface area (Å²) in [7, 11) is 0. The third-order valence-corrected chi connectivity index (χ3v) is 3.90. The number of nitrogens with zero attached hydrogens (tertiary/aromatic N) is 2. The Balaban J connectivity index is 2.05. The molecule has 0 aliphatic heterocycles. The Morgan fingerprint density at radius 2 is 1.70 bits per heavy atom. The average molecular weight is 417 g/mol. The van der Waals surface area contributed by atoms with E-state index in [1.54, 1.807) is 6.92 Å². The fraction of sp³-hybridized carbons (Fsp3) is 0.100. The summed E-state index contributed by atoms with van der Waals surface area (Å²) >= 11 is 0. The van der Waals surface area contributed by atoms with Crippen LogP contribution in [0.1, 0.15) is 27.8 Å². The summed E-state index contributed by atoms with van der Waals surface area (Å²) in [6.45, 7) is 1.52. The van der Waals surface area contributed by atoms with Gasteiger partial charge in [-0.15, -0.1) is 0 Å². The third-order valence-electron chi connectivity index (χ3n) is 3.90. The number of aromatic nitrogens is 2. The fourth-order valence-corrected chi connectivity index (χ4v) is 2.53. The molecule has 0 saturated heterocycles.